The number of thiophene rings is 1. The summed E-state index contributed by atoms with van der Waals surface area (Å²) in [5.41, 5.74) is 1.11. The maximum Gasteiger partial charge on any atom is 0.163 e. The van der Waals surface area contributed by atoms with Gasteiger partial charge < -0.3 is 4.74 Å². The standard InChI is InChI=1S/C15H17ClN2OS/c1-19-15(7-4-8-15)14-17-12(16)11-9-5-2-3-6-10(9)20-13(11)18-14/h2-8H2,1H3. The summed E-state index contributed by atoms with van der Waals surface area (Å²) >= 11 is 8.28. The van der Waals surface area contributed by atoms with Crippen LogP contribution in [0, 0.1) is 0 Å². The molecule has 0 spiro atoms. The van der Waals surface area contributed by atoms with Crippen LogP contribution in [0.25, 0.3) is 10.2 Å². The zero-order chi connectivity index (χ0) is 13.7. The second kappa shape index (κ2) is 4.65. The molecule has 2 heterocycles. The fraction of sp³-hybridized carbons (Fsp3) is 0.600. The minimum absolute atomic E-state index is 0.289. The van der Waals surface area contributed by atoms with E-state index in [0.717, 1.165) is 41.7 Å². The molecule has 0 unspecified atom stereocenters. The molecule has 20 heavy (non-hydrogen) atoms. The fourth-order valence-electron chi connectivity index (χ4n) is 3.33. The molecular weight excluding hydrogens is 292 g/mol. The lowest BCUT2D eigenvalue weighted by Gasteiger charge is -2.38. The van der Waals surface area contributed by atoms with Crippen LogP contribution in [0.1, 0.15) is 48.4 Å². The molecule has 0 N–H and O–H groups in total. The number of methoxy groups -OCH3 is 1. The lowest BCUT2D eigenvalue weighted by atomic mass is 9.79. The molecule has 3 nitrogen and oxygen atoms in total. The molecule has 0 radical (unpaired) electrons. The number of hydrogen-bond donors (Lipinski definition) is 0. The van der Waals surface area contributed by atoms with Gasteiger partial charge in [0.25, 0.3) is 0 Å². The summed E-state index contributed by atoms with van der Waals surface area (Å²) in [7, 11) is 1.75. The summed E-state index contributed by atoms with van der Waals surface area (Å²) in [5.74, 6) is 0.780. The number of fused-ring (bicyclic) bond motifs is 3. The summed E-state index contributed by atoms with van der Waals surface area (Å²) in [6.07, 6.45) is 7.98. The van der Waals surface area contributed by atoms with Crippen LogP contribution in [0.5, 0.6) is 0 Å². The van der Waals surface area contributed by atoms with Gasteiger partial charge in [-0.3, -0.25) is 0 Å². The molecule has 1 saturated carbocycles. The molecule has 5 heteroatoms. The van der Waals surface area contributed by atoms with Gasteiger partial charge in [0.1, 0.15) is 15.6 Å². The van der Waals surface area contributed by atoms with E-state index in [-0.39, 0.29) is 5.60 Å². The molecule has 0 amide bonds. The predicted octanol–water partition coefficient (Wildman–Crippen LogP) is 4.25. The highest BCUT2D eigenvalue weighted by atomic mass is 35.5. The molecular formula is C15H17ClN2OS. The van der Waals surface area contributed by atoms with Crippen molar-refractivity contribution in [3.8, 4) is 0 Å². The average Bonchev–Trinajstić information content (AvgIpc) is 2.76. The zero-order valence-corrected chi connectivity index (χ0v) is 13.1. The van der Waals surface area contributed by atoms with Crippen molar-refractivity contribution in [1.29, 1.82) is 0 Å². The first-order chi connectivity index (χ1) is 9.73. The van der Waals surface area contributed by atoms with Crippen molar-refractivity contribution < 1.29 is 4.74 Å². The third kappa shape index (κ3) is 1.74. The minimum Gasteiger partial charge on any atom is -0.370 e. The average molecular weight is 309 g/mol. The van der Waals surface area contributed by atoms with Gasteiger partial charge in [-0.2, -0.15) is 0 Å². The van der Waals surface area contributed by atoms with E-state index in [4.69, 9.17) is 21.3 Å². The summed E-state index contributed by atoms with van der Waals surface area (Å²) < 4.78 is 5.69. The topological polar surface area (TPSA) is 35.0 Å². The molecule has 4 rings (SSSR count). The number of halogens is 1. The van der Waals surface area contributed by atoms with Crippen molar-refractivity contribution in [2.45, 2.75) is 50.5 Å². The van der Waals surface area contributed by atoms with E-state index in [1.165, 1.54) is 29.7 Å². The van der Waals surface area contributed by atoms with Gasteiger partial charge in [-0.05, 0) is 50.5 Å². The van der Waals surface area contributed by atoms with E-state index in [1.807, 2.05) is 0 Å². The van der Waals surface area contributed by atoms with Crippen LogP contribution >= 0.6 is 22.9 Å². The zero-order valence-electron chi connectivity index (χ0n) is 11.5. The van der Waals surface area contributed by atoms with E-state index in [1.54, 1.807) is 18.4 Å². The predicted molar refractivity (Wildman–Crippen MR) is 81.6 cm³/mol. The van der Waals surface area contributed by atoms with Crippen molar-refractivity contribution in [2.24, 2.45) is 0 Å². The van der Waals surface area contributed by atoms with Crippen molar-refractivity contribution in [2.75, 3.05) is 7.11 Å². The monoisotopic (exact) mass is 308 g/mol. The molecule has 0 bridgehead atoms. The number of rotatable bonds is 2. The molecule has 2 aliphatic rings. The largest absolute Gasteiger partial charge is 0.370 e. The Balaban J connectivity index is 1.90. The Morgan fingerprint density at radius 3 is 2.65 bits per heavy atom. The number of nitrogens with zero attached hydrogens (tertiary/aromatic N) is 2. The molecule has 0 saturated heterocycles. The van der Waals surface area contributed by atoms with Crippen molar-refractivity contribution in [3.05, 3.63) is 21.4 Å². The Bertz CT molecular complexity index is 673. The molecule has 0 aliphatic heterocycles. The van der Waals surface area contributed by atoms with Gasteiger partial charge in [-0.15, -0.1) is 11.3 Å². The van der Waals surface area contributed by atoms with Gasteiger partial charge in [0.05, 0.1) is 5.39 Å². The summed E-state index contributed by atoms with van der Waals surface area (Å²) in [5, 5.41) is 1.72. The molecule has 0 aromatic carbocycles. The van der Waals surface area contributed by atoms with Gasteiger partial charge in [0.15, 0.2) is 5.82 Å². The van der Waals surface area contributed by atoms with Gasteiger partial charge >= 0.3 is 0 Å². The number of hydrogen-bond acceptors (Lipinski definition) is 4. The molecule has 1 fully saturated rings. The van der Waals surface area contributed by atoms with Gasteiger partial charge in [-0.25, -0.2) is 9.97 Å². The summed E-state index contributed by atoms with van der Waals surface area (Å²) in [4.78, 5) is 11.9. The van der Waals surface area contributed by atoms with Gasteiger partial charge in [0.2, 0.25) is 0 Å². The highest BCUT2D eigenvalue weighted by Gasteiger charge is 2.42. The van der Waals surface area contributed by atoms with E-state index >= 15 is 0 Å². The highest BCUT2D eigenvalue weighted by Crippen LogP contribution is 2.45. The first-order valence-electron chi connectivity index (χ1n) is 7.27. The number of aryl methyl sites for hydroxylation is 2. The summed E-state index contributed by atoms with van der Waals surface area (Å²) in [6.45, 7) is 0. The van der Waals surface area contributed by atoms with Crippen LogP contribution in [0.15, 0.2) is 0 Å². The third-order valence-electron chi connectivity index (χ3n) is 4.73. The summed E-state index contributed by atoms with van der Waals surface area (Å²) in [6, 6.07) is 0. The second-order valence-electron chi connectivity index (χ2n) is 5.78. The molecule has 2 aromatic heterocycles. The minimum atomic E-state index is -0.289. The second-order valence-corrected chi connectivity index (χ2v) is 7.22. The van der Waals surface area contributed by atoms with Crippen LogP contribution in [-0.4, -0.2) is 17.1 Å². The fourth-order valence-corrected chi connectivity index (χ4v) is 4.93. The number of aromatic nitrogens is 2. The Morgan fingerprint density at radius 2 is 1.95 bits per heavy atom. The van der Waals surface area contributed by atoms with Gasteiger partial charge in [-0.1, -0.05) is 11.6 Å². The lowest BCUT2D eigenvalue weighted by Crippen LogP contribution is -2.38. The van der Waals surface area contributed by atoms with E-state index < -0.39 is 0 Å². The quantitative estimate of drug-likeness (QED) is 0.778. The van der Waals surface area contributed by atoms with Crippen LogP contribution in [0.2, 0.25) is 5.15 Å². The van der Waals surface area contributed by atoms with E-state index in [0.29, 0.717) is 5.15 Å². The van der Waals surface area contributed by atoms with Crippen LogP contribution in [0.3, 0.4) is 0 Å². The maximum absolute atomic E-state index is 6.48. The van der Waals surface area contributed by atoms with Crippen LogP contribution in [0.4, 0.5) is 0 Å². The third-order valence-corrected chi connectivity index (χ3v) is 6.19. The Labute approximate surface area is 127 Å². The van der Waals surface area contributed by atoms with Gasteiger partial charge in [0, 0.05) is 12.0 Å². The lowest BCUT2D eigenvalue weighted by molar-refractivity contribution is -0.0843. The van der Waals surface area contributed by atoms with E-state index in [9.17, 15) is 0 Å². The normalized spacial score (nSPS) is 20.7. The first-order valence-corrected chi connectivity index (χ1v) is 8.46. The Hall–Kier alpha value is -0.710. The number of ether oxygens (including phenoxy) is 1. The highest BCUT2D eigenvalue weighted by molar-refractivity contribution is 7.19. The van der Waals surface area contributed by atoms with Crippen molar-refractivity contribution >= 4 is 33.2 Å². The smallest absolute Gasteiger partial charge is 0.163 e. The molecule has 0 atom stereocenters. The van der Waals surface area contributed by atoms with Crippen LogP contribution < -0.4 is 0 Å². The first kappa shape index (κ1) is 13.0. The SMILES string of the molecule is COC1(c2nc(Cl)c3c4c(sc3n2)CCCC4)CCC1. The van der Waals surface area contributed by atoms with Crippen molar-refractivity contribution in [1.82, 2.24) is 9.97 Å². The van der Waals surface area contributed by atoms with Crippen molar-refractivity contribution in [3.63, 3.8) is 0 Å². The maximum atomic E-state index is 6.48. The molecule has 2 aromatic rings. The van der Waals surface area contributed by atoms with Crippen LogP contribution in [-0.2, 0) is 23.2 Å². The molecule has 106 valence electrons. The Kier molecular flexibility index (Phi) is 3.02. The Morgan fingerprint density at radius 1 is 1.15 bits per heavy atom. The molecule has 2 aliphatic carbocycles. The van der Waals surface area contributed by atoms with E-state index in [2.05, 4.69) is 4.98 Å².